The quantitative estimate of drug-likeness (QED) is 0.819. The smallest absolute Gasteiger partial charge is 0.228 e. The fraction of sp³-hybridized carbons (Fsp3) is 0.500. The topological polar surface area (TPSA) is 55.1 Å². The second-order valence-corrected chi connectivity index (χ2v) is 6.96. The van der Waals surface area contributed by atoms with Gasteiger partial charge in [0.25, 0.3) is 0 Å². The van der Waals surface area contributed by atoms with Crippen molar-refractivity contribution in [3.8, 4) is 0 Å². The van der Waals surface area contributed by atoms with Crippen LogP contribution >= 0.6 is 15.9 Å². The first-order chi connectivity index (χ1) is 8.18. The molecule has 1 aromatic carbocycles. The number of nitrogens with one attached hydrogen (secondary N) is 1. The van der Waals surface area contributed by atoms with Gasteiger partial charge in [-0.1, -0.05) is 27.7 Å². The normalized spacial score (nSPS) is 20.5. The third-order valence-electron chi connectivity index (χ3n) is 4.55. The van der Waals surface area contributed by atoms with Gasteiger partial charge >= 0.3 is 0 Å². The van der Waals surface area contributed by atoms with Gasteiger partial charge in [0, 0.05) is 21.8 Å². The Balaban J connectivity index is 2.12. The van der Waals surface area contributed by atoms with E-state index >= 15 is 0 Å². The molecule has 18 heavy (non-hydrogen) atoms. The molecule has 0 unspecified atom stereocenters. The highest BCUT2D eigenvalue weighted by molar-refractivity contribution is 9.10. The zero-order valence-corrected chi connectivity index (χ0v) is 12.8. The molecule has 1 aromatic rings. The standard InChI is InChI=1S/C14H19BrN2O/c1-13(2)11(14(13,3)4)12(18)17-8-5-6-10(16)9(15)7-8/h5-7,11H,16H2,1-4H3,(H,17,18). The zero-order valence-electron chi connectivity index (χ0n) is 11.2. The molecule has 0 radical (unpaired) electrons. The van der Waals surface area contributed by atoms with Crippen LogP contribution in [-0.4, -0.2) is 5.91 Å². The Labute approximate surface area is 116 Å². The van der Waals surface area contributed by atoms with E-state index in [9.17, 15) is 4.79 Å². The van der Waals surface area contributed by atoms with E-state index in [0.29, 0.717) is 5.69 Å². The Morgan fingerprint density at radius 2 is 1.83 bits per heavy atom. The molecular weight excluding hydrogens is 292 g/mol. The molecule has 1 saturated carbocycles. The van der Waals surface area contributed by atoms with Gasteiger partial charge in [-0.25, -0.2) is 0 Å². The van der Waals surface area contributed by atoms with Crippen LogP contribution in [0.4, 0.5) is 11.4 Å². The average Bonchev–Trinajstić information content (AvgIpc) is 2.63. The number of anilines is 2. The molecule has 3 N–H and O–H groups in total. The lowest BCUT2D eigenvalue weighted by Gasteiger charge is -2.08. The molecule has 4 heteroatoms. The lowest BCUT2D eigenvalue weighted by atomic mass is 10.0. The molecule has 0 aromatic heterocycles. The minimum absolute atomic E-state index is 0.0568. The highest BCUT2D eigenvalue weighted by Crippen LogP contribution is 2.68. The van der Waals surface area contributed by atoms with Crippen molar-refractivity contribution in [1.82, 2.24) is 0 Å². The van der Waals surface area contributed by atoms with Crippen molar-refractivity contribution < 1.29 is 4.79 Å². The average molecular weight is 311 g/mol. The molecule has 1 aliphatic carbocycles. The number of hydrogen-bond acceptors (Lipinski definition) is 2. The summed E-state index contributed by atoms with van der Waals surface area (Å²) >= 11 is 3.36. The summed E-state index contributed by atoms with van der Waals surface area (Å²) in [6.45, 7) is 8.54. The van der Waals surface area contributed by atoms with Crippen LogP contribution in [0.25, 0.3) is 0 Å². The number of nitrogen functional groups attached to an aromatic ring is 1. The van der Waals surface area contributed by atoms with Crippen LogP contribution < -0.4 is 11.1 Å². The molecule has 3 nitrogen and oxygen atoms in total. The number of halogens is 1. The van der Waals surface area contributed by atoms with Crippen LogP contribution in [0, 0.1) is 16.7 Å². The Hall–Kier alpha value is -1.03. The predicted molar refractivity (Wildman–Crippen MR) is 78.2 cm³/mol. The highest BCUT2D eigenvalue weighted by atomic mass is 79.9. The van der Waals surface area contributed by atoms with Gasteiger partial charge < -0.3 is 11.1 Å². The van der Waals surface area contributed by atoms with E-state index in [4.69, 9.17) is 5.73 Å². The largest absolute Gasteiger partial charge is 0.398 e. The van der Waals surface area contributed by atoms with Gasteiger partial charge in [-0.15, -0.1) is 0 Å². The van der Waals surface area contributed by atoms with Gasteiger partial charge in [0.05, 0.1) is 0 Å². The van der Waals surface area contributed by atoms with Gasteiger partial charge in [0.2, 0.25) is 5.91 Å². The Morgan fingerprint density at radius 1 is 1.28 bits per heavy atom. The third kappa shape index (κ3) is 1.92. The summed E-state index contributed by atoms with van der Waals surface area (Å²) in [5.41, 5.74) is 7.28. The van der Waals surface area contributed by atoms with Crippen LogP contribution in [-0.2, 0) is 4.79 Å². The summed E-state index contributed by atoms with van der Waals surface area (Å²) in [6.07, 6.45) is 0. The molecular formula is C14H19BrN2O. The summed E-state index contributed by atoms with van der Waals surface area (Å²) in [5.74, 6) is 0.142. The van der Waals surface area contributed by atoms with Gasteiger partial charge in [-0.2, -0.15) is 0 Å². The summed E-state index contributed by atoms with van der Waals surface area (Å²) in [6, 6.07) is 5.43. The van der Waals surface area contributed by atoms with Crippen molar-refractivity contribution in [3.05, 3.63) is 22.7 Å². The number of nitrogens with two attached hydrogens (primary N) is 1. The van der Waals surface area contributed by atoms with Gasteiger partial charge in [-0.05, 0) is 45.0 Å². The fourth-order valence-electron chi connectivity index (χ4n) is 2.67. The number of carbonyl (C=O) groups excluding carboxylic acids is 1. The molecule has 1 aliphatic rings. The van der Waals surface area contributed by atoms with Crippen LogP contribution in [0.1, 0.15) is 27.7 Å². The Morgan fingerprint density at radius 3 is 2.28 bits per heavy atom. The molecule has 0 bridgehead atoms. The monoisotopic (exact) mass is 310 g/mol. The lowest BCUT2D eigenvalue weighted by molar-refractivity contribution is -0.118. The van der Waals surface area contributed by atoms with Crippen LogP contribution in [0.15, 0.2) is 22.7 Å². The maximum atomic E-state index is 12.2. The second-order valence-electron chi connectivity index (χ2n) is 6.10. The van der Waals surface area contributed by atoms with Crippen molar-refractivity contribution in [2.75, 3.05) is 11.1 Å². The number of carbonyl (C=O) groups is 1. The highest BCUT2D eigenvalue weighted by Gasteiger charge is 2.68. The summed E-state index contributed by atoms with van der Waals surface area (Å²) in [5, 5.41) is 2.96. The summed E-state index contributed by atoms with van der Waals surface area (Å²) in [7, 11) is 0. The lowest BCUT2D eigenvalue weighted by Crippen LogP contribution is -2.17. The van der Waals surface area contributed by atoms with Gasteiger partial charge in [0.1, 0.15) is 0 Å². The van der Waals surface area contributed by atoms with Crippen molar-refractivity contribution in [1.29, 1.82) is 0 Å². The minimum Gasteiger partial charge on any atom is -0.398 e. The zero-order chi connectivity index (χ0) is 13.7. The summed E-state index contributed by atoms with van der Waals surface area (Å²) in [4.78, 5) is 12.2. The van der Waals surface area contributed by atoms with Crippen molar-refractivity contribution in [3.63, 3.8) is 0 Å². The maximum Gasteiger partial charge on any atom is 0.228 e. The number of rotatable bonds is 2. The first-order valence-electron chi connectivity index (χ1n) is 6.04. The number of amides is 1. The SMILES string of the molecule is CC1(C)C(C(=O)Nc2ccc(N)c(Br)c2)C1(C)C. The Bertz CT molecular complexity index is 495. The van der Waals surface area contributed by atoms with E-state index in [1.54, 1.807) is 6.07 Å². The number of benzene rings is 1. The van der Waals surface area contributed by atoms with E-state index in [1.807, 2.05) is 12.1 Å². The molecule has 98 valence electrons. The van der Waals surface area contributed by atoms with Crippen molar-refractivity contribution in [2.45, 2.75) is 27.7 Å². The second kappa shape index (κ2) is 3.98. The molecule has 2 rings (SSSR count). The van der Waals surface area contributed by atoms with Crippen LogP contribution in [0.2, 0.25) is 0 Å². The van der Waals surface area contributed by atoms with Gasteiger partial charge in [-0.3, -0.25) is 4.79 Å². The van der Waals surface area contributed by atoms with Crippen LogP contribution in [0.3, 0.4) is 0 Å². The molecule has 0 heterocycles. The first-order valence-corrected chi connectivity index (χ1v) is 6.83. The van der Waals surface area contributed by atoms with E-state index in [2.05, 4.69) is 48.9 Å². The number of hydrogen-bond donors (Lipinski definition) is 2. The van der Waals surface area contributed by atoms with E-state index < -0.39 is 0 Å². The molecule has 1 amide bonds. The van der Waals surface area contributed by atoms with Crippen LogP contribution in [0.5, 0.6) is 0 Å². The first kappa shape index (κ1) is 13.4. The minimum atomic E-state index is 0.0568. The molecule has 0 atom stereocenters. The third-order valence-corrected chi connectivity index (χ3v) is 5.24. The van der Waals surface area contributed by atoms with Gasteiger partial charge in [0.15, 0.2) is 0 Å². The van der Waals surface area contributed by atoms with E-state index in [1.165, 1.54) is 0 Å². The summed E-state index contributed by atoms with van der Waals surface area (Å²) < 4.78 is 0.801. The molecule has 0 spiro atoms. The van der Waals surface area contributed by atoms with E-state index in [0.717, 1.165) is 10.2 Å². The van der Waals surface area contributed by atoms with Crippen molar-refractivity contribution >= 4 is 33.2 Å². The fourth-order valence-corrected chi connectivity index (χ4v) is 3.05. The van der Waals surface area contributed by atoms with E-state index in [-0.39, 0.29) is 22.7 Å². The molecule has 1 fully saturated rings. The predicted octanol–water partition coefficient (Wildman–Crippen LogP) is 3.65. The molecule has 0 aliphatic heterocycles. The van der Waals surface area contributed by atoms with Crippen molar-refractivity contribution in [2.24, 2.45) is 16.7 Å². The molecule has 0 saturated heterocycles. The Kier molecular flexibility index (Phi) is 2.97. The maximum absolute atomic E-state index is 12.2.